The van der Waals surface area contributed by atoms with E-state index in [1.807, 2.05) is 0 Å². The van der Waals surface area contributed by atoms with Crippen molar-refractivity contribution in [3.8, 4) is 0 Å². The molecular weight excluding hydrogens is 221 g/mol. The van der Waals surface area contributed by atoms with Gasteiger partial charge in [-0.15, -0.1) is 0 Å². The minimum absolute atomic E-state index is 0.00441. The number of halogens is 2. The minimum atomic E-state index is -1.85. The van der Waals surface area contributed by atoms with Gasteiger partial charge < -0.3 is 0 Å². The first kappa shape index (κ1) is 10.1. The molecule has 0 radical (unpaired) electrons. The molecule has 1 aromatic rings. The van der Waals surface area contributed by atoms with Crippen molar-refractivity contribution in [3.05, 3.63) is 34.1 Å². The lowest BCUT2D eigenvalue weighted by molar-refractivity contribution is -0.387. The highest BCUT2D eigenvalue weighted by molar-refractivity contribution is 8.08. The van der Waals surface area contributed by atoms with Gasteiger partial charge in [-0.2, -0.15) is 4.39 Å². The summed E-state index contributed by atoms with van der Waals surface area (Å²) in [6, 6.07) is 2.84. The summed E-state index contributed by atoms with van der Waals surface area (Å²) >= 11 is 0. The van der Waals surface area contributed by atoms with Crippen molar-refractivity contribution < 1.29 is 13.5 Å². The molecule has 0 aliphatic rings. The fraction of sp³-hybridized carbons (Fsp3) is 0. The summed E-state index contributed by atoms with van der Waals surface area (Å²) in [6.07, 6.45) is 0. The Morgan fingerprint density at radius 3 is 2.54 bits per heavy atom. The van der Waals surface area contributed by atoms with Crippen LogP contribution in [0.3, 0.4) is 0 Å². The first-order valence-corrected chi connectivity index (χ1v) is 5.02. The molecule has 1 atom stereocenters. The molecule has 0 spiro atoms. The number of nitro benzene ring substituents is 1. The first-order chi connectivity index (χ1) is 6.02. The van der Waals surface area contributed by atoms with Crippen LogP contribution in [-0.4, -0.2) is 9.13 Å². The lowest BCUT2D eigenvalue weighted by Crippen LogP contribution is -1.93. The summed E-state index contributed by atoms with van der Waals surface area (Å²) in [5, 5.41) is 10.2. The topological polar surface area (TPSA) is 60.2 Å². The second-order valence-corrected chi connectivity index (χ2v) is 3.85. The van der Waals surface area contributed by atoms with E-state index in [0.29, 0.717) is 0 Å². The maximum Gasteiger partial charge on any atom is 0.304 e. The van der Waals surface area contributed by atoms with Crippen LogP contribution >= 0.6 is 10.7 Å². The van der Waals surface area contributed by atoms with Crippen LogP contribution in [0, 0.1) is 15.9 Å². The summed E-state index contributed by atoms with van der Waals surface area (Å²) in [5.41, 5.74) is -0.661. The quantitative estimate of drug-likeness (QED) is 0.438. The van der Waals surface area contributed by atoms with Gasteiger partial charge in [0.1, 0.15) is 10.0 Å². The molecule has 0 N–H and O–H groups in total. The van der Waals surface area contributed by atoms with Gasteiger partial charge in [-0.05, 0) is 22.8 Å². The smallest absolute Gasteiger partial charge is 0.258 e. The Bertz CT molecular complexity index is 384. The van der Waals surface area contributed by atoms with E-state index in [-0.39, 0.29) is 4.90 Å². The average molecular weight is 224 g/mol. The van der Waals surface area contributed by atoms with Gasteiger partial charge in [0.2, 0.25) is 5.82 Å². The maximum absolute atomic E-state index is 12.8. The number of hydrogen-bond acceptors (Lipinski definition) is 3. The molecule has 0 saturated carbocycles. The van der Waals surface area contributed by atoms with Gasteiger partial charge in [-0.25, -0.2) is 4.21 Å². The minimum Gasteiger partial charge on any atom is -0.258 e. The average Bonchev–Trinajstić information content (AvgIpc) is 2.03. The fourth-order valence-corrected chi connectivity index (χ4v) is 1.39. The van der Waals surface area contributed by atoms with Crippen molar-refractivity contribution in [3.63, 3.8) is 0 Å². The van der Waals surface area contributed by atoms with Gasteiger partial charge in [0.25, 0.3) is 0 Å². The van der Waals surface area contributed by atoms with Crippen LogP contribution in [0.2, 0.25) is 0 Å². The van der Waals surface area contributed by atoms with E-state index in [1.165, 1.54) is 0 Å². The molecule has 1 unspecified atom stereocenters. The van der Waals surface area contributed by atoms with Crippen molar-refractivity contribution in [2.75, 3.05) is 0 Å². The van der Waals surface area contributed by atoms with Crippen LogP contribution in [0.15, 0.2) is 23.1 Å². The van der Waals surface area contributed by atoms with Crippen LogP contribution in [0.25, 0.3) is 0 Å². The van der Waals surface area contributed by atoms with Gasteiger partial charge >= 0.3 is 5.69 Å². The van der Waals surface area contributed by atoms with Crippen molar-refractivity contribution in [1.82, 2.24) is 0 Å². The molecule has 0 saturated heterocycles. The predicted octanol–water partition coefficient (Wildman–Crippen LogP) is 2.00. The number of nitrogens with zero attached hydrogens (tertiary/aromatic N) is 1. The molecule has 70 valence electrons. The van der Waals surface area contributed by atoms with Crippen LogP contribution in [0.4, 0.5) is 10.1 Å². The SMILES string of the molecule is O=[N+]([O-])c1ccc(S(=O)Cl)cc1F. The van der Waals surface area contributed by atoms with Crippen LogP contribution in [-0.2, 0) is 10.0 Å². The van der Waals surface area contributed by atoms with E-state index in [9.17, 15) is 18.7 Å². The van der Waals surface area contributed by atoms with Gasteiger partial charge in [0.05, 0.1) is 9.82 Å². The molecule has 1 aromatic carbocycles. The van der Waals surface area contributed by atoms with Crippen molar-refractivity contribution in [1.29, 1.82) is 0 Å². The molecule has 13 heavy (non-hydrogen) atoms. The number of benzene rings is 1. The van der Waals surface area contributed by atoms with E-state index in [1.54, 1.807) is 0 Å². The van der Waals surface area contributed by atoms with Crippen LogP contribution in [0.1, 0.15) is 0 Å². The maximum atomic E-state index is 12.8. The molecule has 7 heteroatoms. The van der Waals surface area contributed by atoms with E-state index in [4.69, 9.17) is 10.7 Å². The summed E-state index contributed by atoms with van der Waals surface area (Å²) in [7, 11) is 3.29. The van der Waals surface area contributed by atoms with Gasteiger partial charge in [0.15, 0.2) is 0 Å². The molecule has 0 heterocycles. The molecule has 0 aliphatic heterocycles. The van der Waals surface area contributed by atoms with Crippen LogP contribution in [0.5, 0.6) is 0 Å². The molecule has 1 rings (SSSR count). The highest BCUT2D eigenvalue weighted by Crippen LogP contribution is 2.20. The zero-order chi connectivity index (χ0) is 10.0. The summed E-state index contributed by atoms with van der Waals surface area (Å²) < 4.78 is 23.4. The molecule has 0 bridgehead atoms. The summed E-state index contributed by atoms with van der Waals surface area (Å²) in [6.45, 7) is 0. The Kier molecular flexibility index (Phi) is 2.94. The third kappa shape index (κ3) is 2.22. The number of rotatable bonds is 2. The van der Waals surface area contributed by atoms with Crippen molar-refractivity contribution in [2.45, 2.75) is 4.90 Å². The lowest BCUT2D eigenvalue weighted by Gasteiger charge is -1.95. The number of hydrogen-bond donors (Lipinski definition) is 0. The standard InChI is InChI=1S/C6H3ClFNO3S/c7-13(12)4-1-2-6(9(10)11)5(8)3-4/h1-3H. The zero-order valence-corrected chi connectivity index (χ0v) is 7.64. The zero-order valence-electron chi connectivity index (χ0n) is 6.07. The fourth-order valence-electron chi connectivity index (χ4n) is 0.736. The Morgan fingerprint density at radius 1 is 1.54 bits per heavy atom. The largest absolute Gasteiger partial charge is 0.304 e. The Labute approximate surface area is 79.4 Å². The van der Waals surface area contributed by atoms with Gasteiger partial charge in [0, 0.05) is 6.07 Å². The van der Waals surface area contributed by atoms with Gasteiger partial charge in [-0.3, -0.25) is 10.1 Å². The monoisotopic (exact) mass is 223 g/mol. The summed E-state index contributed by atoms with van der Waals surface area (Å²) in [5.74, 6) is -1.04. The van der Waals surface area contributed by atoms with Gasteiger partial charge in [-0.1, -0.05) is 0 Å². The first-order valence-electron chi connectivity index (χ1n) is 3.04. The highest BCUT2D eigenvalue weighted by Gasteiger charge is 2.14. The Hall–Kier alpha value is -1.01. The Morgan fingerprint density at radius 2 is 2.15 bits per heavy atom. The van der Waals surface area contributed by atoms with Crippen molar-refractivity contribution >= 4 is 26.4 Å². The molecule has 0 amide bonds. The highest BCUT2D eigenvalue weighted by atomic mass is 35.7. The van der Waals surface area contributed by atoms with E-state index < -0.39 is 26.4 Å². The molecule has 0 aromatic heterocycles. The normalized spacial score (nSPS) is 12.5. The second-order valence-electron chi connectivity index (χ2n) is 2.09. The third-order valence-corrected chi connectivity index (χ3v) is 2.46. The lowest BCUT2D eigenvalue weighted by atomic mass is 10.3. The van der Waals surface area contributed by atoms with Crippen molar-refractivity contribution in [2.24, 2.45) is 0 Å². The predicted molar refractivity (Wildman–Crippen MR) is 45.3 cm³/mol. The number of nitro groups is 1. The third-order valence-electron chi connectivity index (χ3n) is 1.30. The van der Waals surface area contributed by atoms with Crippen LogP contribution < -0.4 is 0 Å². The summed E-state index contributed by atoms with van der Waals surface area (Å²) in [4.78, 5) is 9.30. The van der Waals surface area contributed by atoms with E-state index >= 15 is 0 Å². The molecule has 0 aliphatic carbocycles. The Balaban J connectivity index is 3.20. The molecule has 0 fully saturated rings. The molecule has 4 nitrogen and oxygen atoms in total. The second kappa shape index (κ2) is 3.80. The molecular formula is C6H3ClFNO3S. The van der Waals surface area contributed by atoms with E-state index in [0.717, 1.165) is 18.2 Å². The van der Waals surface area contributed by atoms with E-state index in [2.05, 4.69) is 0 Å².